The Kier molecular flexibility index (Phi) is 3.35. The van der Waals surface area contributed by atoms with E-state index in [0.717, 1.165) is 20.3 Å². The molecule has 0 amide bonds. The lowest BCUT2D eigenvalue weighted by atomic mass is 9.64. The average molecular weight is 166 g/mol. The summed E-state index contributed by atoms with van der Waals surface area (Å²) >= 11 is 0. The van der Waals surface area contributed by atoms with E-state index in [9.17, 15) is 4.79 Å². The van der Waals surface area contributed by atoms with Crippen LogP contribution < -0.4 is 5.32 Å². The predicted molar refractivity (Wildman–Crippen MR) is 54.3 cm³/mol. The van der Waals surface area contributed by atoms with Crippen molar-refractivity contribution in [2.75, 3.05) is 13.6 Å². The van der Waals surface area contributed by atoms with Crippen LogP contribution in [0.4, 0.5) is 0 Å². The quantitative estimate of drug-likeness (QED) is 0.498. The molecule has 1 N–H and O–H groups in total. The number of ketones is 1. The number of hydrogen-bond donors (Lipinski definition) is 1. The first-order chi connectivity index (χ1) is 5.69. The van der Waals surface area contributed by atoms with Gasteiger partial charge in [0.05, 0.1) is 13.8 Å². The van der Waals surface area contributed by atoms with Crippen molar-refractivity contribution in [2.24, 2.45) is 0 Å². The van der Waals surface area contributed by atoms with Gasteiger partial charge in [-0.25, -0.2) is 0 Å². The lowest BCUT2D eigenvalue weighted by Crippen LogP contribution is -2.38. The molecular formula is C7H16B2N2O. The van der Waals surface area contributed by atoms with Gasteiger partial charge in [-0.3, -0.25) is 4.79 Å². The van der Waals surface area contributed by atoms with Crippen molar-refractivity contribution < 1.29 is 4.79 Å². The van der Waals surface area contributed by atoms with Crippen molar-refractivity contribution in [3.05, 3.63) is 0 Å². The third-order valence-corrected chi connectivity index (χ3v) is 2.69. The van der Waals surface area contributed by atoms with Crippen LogP contribution >= 0.6 is 0 Å². The van der Waals surface area contributed by atoms with E-state index in [1.54, 1.807) is 6.92 Å². The Morgan fingerprint density at radius 3 is 2.75 bits per heavy atom. The lowest BCUT2D eigenvalue weighted by molar-refractivity contribution is -0.119. The van der Waals surface area contributed by atoms with Crippen molar-refractivity contribution in [1.29, 1.82) is 0 Å². The Morgan fingerprint density at radius 2 is 2.42 bits per heavy atom. The fourth-order valence-electron chi connectivity index (χ4n) is 1.89. The molecule has 1 fully saturated rings. The number of carbonyl (C=O) groups is 1. The highest BCUT2D eigenvalue weighted by molar-refractivity contribution is 6.87. The van der Waals surface area contributed by atoms with Gasteiger partial charge in [0.2, 0.25) is 0 Å². The first kappa shape index (κ1) is 9.81. The fourth-order valence-corrected chi connectivity index (χ4v) is 1.89. The molecular weight excluding hydrogens is 150 g/mol. The van der Waals surface area contributed by atoms with Gasteiger partial charge < -0.3 is 10.1 Å². The van der Waals surface area contributed by atoms with Gasteiger partial charge in [0, 0.05) is 12.6 Å². The number of carbonyl (C=O) groups excluding carboxylic acids is 1. The maximum atomic E-state index is 11.2. The van der Waals surface area contributed by atoms with Crippen molar-refractivity contribution in [3.63, 3.8) is 0 Å². The minimum Gasteiger partial charge on any atom is -0.343 e. The first-order valence-corrected chi connectivity index (χ1v) is 4.60. The van der Waals surface area contributed by atoms with Gasteiger partial charge in [0.25, 0.3) is 0 Å². The molecule has 3 nitrogen and oxygen atoms in total. The largest absolute Gasteiger partial charge is 0.343 e. The average Bonchev–Trinajstić information content (AvgIpc) is 2.47. The number of hydrogen-bond acceptors (Lipinski definition) is 3. The number of rotatable bonds is 3. The molecule has 1 rings (SSSR count). The molecule has 12 heavy (non-hydrogen) atoms. The van der Waals surface area contributed by atoms with E-state index < -0.39 is 0 Å². The minimum absolute atomic E-state index is 0.160. The molecule has 0 spiro atoms. The van der Waals surface area contributed by atoms with Gasteiger partial charge in [-0.1, -0.05) is 0 Å². The second kappa shape index (κ2) is 4.10. The Hall–Kier alpha value is -0.280. The van der Waals surface area contributed by atoms with Crippen molar-refractivity contribution in [3.8, 4) is 0 Å². The highest BCUT2D eigenvalue weighted by Crippen LogP contribution is 2.16. The van der Waals surface area contributed by atoms with Crippen LogP contribution in [0.5, 0.6) is 0 Å². The van der Waals surface area contributed by atoms with Gasteiger partial charge in [-0.05, 0) is 20.4 Å². The first-order valence-electron chi connectivity index (χ1n) is 4.60. The van der Waals surface area contributed by atoms with E-state index in [4.69, 9.17) is 0 Å². The van der Waals surface area contributed by atoms with Crippen LogP contribution in [-0.2, 0) is 4.79 Å². The van der Waals surface area contributed by atoms with Crippen LogP contribution in [0.2, 0.25) is 0 Å². The summed E-state index contributed by atoms with van der Waals surface area (Å²) in [6, 6.07) is 0.659. The van der Waals surface area contributed by atoms with E-state index in [-0.39, 0.29) is 6.04 Å². The van der Waals surface area contributed by atoms with Gasteiger partial charge in [-0.15, -0.1) is 0 Å². The van der Waals surface area contributed by atoms with Crippen LogP contribution in [0.1, 0.15) is 13.3 Å². The Bertz CT molecular complexity index is 177. The monoisotopic (exact) mass is 166 g/mol. The molecule has 0 bridgehead atoms. The maximum absolute atomic E-state index is 11.2. The van der Waals surface area contributed by atoms with E-state index in [2.05, 4.69) is 17.9 Å². The number of nitrogens with one attached hydrogen (secondary N) is 1. The maximum Gasteiger partial charge on any atom is 0.162 e. The Balaban J connectivity index is 2.56. The van der Waals surface area contributed by atoms with Gasteiger partial charge in [0.15, 0.2) is 7.31 Å². The third kappa shape index (κ3) is 1.90. The fraction of sp³-hybridized carbons (Fsp3) is 0.857. The van der Waals surface area contributed by atoms with Crippen LogP contribution in [0, 0.1) is 0 Å². The Labute approximate surface area is 75.5 Å². The van der Waals surface area contributed by atoms with Crippen LogP contribution in [-0.4, -0.2) is 51.3 Å². The molecule has 2 atom stereocenters. The molecule has 1 saturated heterocycles. The molecule has 0 aromatic carbocycles. The van der Waals surface area contributed by atoms with E-state index in [0.29, 0.717) is 11.8 Å². The summed E-state index contributed by atoms with van der Waals surface area (Å²) in [6.45, 7) is 2.70. The van der Waals surface area contributed by atoms with Crippen LogP contribution in [0.25, 0.3) is 0 Å². The summed E-state index contributed by atoms with van der Waals surface area (Å²) < 4.78 is 0. The Morgan fingerprint density at radius 1 is 1.75 bits per heavy atom. The molecule has 0 aliphatic carbocycles. The normalized spacial score (nSPS) is 30.5. The molecule has 1 aliphatic rings. The highest BCUT2D eigenvalue weighted by atomic mass is 16.1. The molecule has 66 valence electrons. The van der Waals surface area contributed by atoms with Crippen LogP contribution in [0.3, 0.4) is 0 Å². The van der Waals surface area contributed by atoms with E-state index in [1.807, 2.05) is 7.05 Å². The van der Waals surface area contributed by atoms with E-state index >= 15 is 0 Å². The van der Waals surface area contributed by atoms with Gasteiger partial charge in [-0.2, -0.15) is 0 Å². The summed E-state index contributed by atoms with van der Waals surface area (Å²) in [4.78, 5) is 13.4. The zero-order valence-corrected chi connectivity index (χ0v) is 8.13. The topological polar surface area (TPSA) is 32.3 Å². The smallest absolute Gasteiger partial charge is 0.162 e. The van der Waals surface area contributed by atoms with Gasteiger partial charge in [0.1, 0.15) is 5.78 Å². The van der Waals surface area contributed by atoms with Gasteiger partial charge >= 0.3 is 0 Å². The summed E-state index contributed by atoms with van der Waals surface area (Å²) in [7, 11) is 5.04. The summed E-state index contributed by atoms with van der Waals surface area (Å²) in [5.41, 5.74) is 0. The zero-order chi connectivity index (χ0) is 9.14. The molecule has 0 aromatic heterocycles. The predicted octanol–water partition coefficient (Wildman–Crippen LogP) is -1.86. The zero-order valence-electron chi connectivity index (χ0n) is 8.13. The molecule has 1 aliphatic heterocycles. The molecule has 0 unspecified atom stereocenters. The number of nitrogens with zero attached hydrogens (tertiary/aromatic N) is 1. The van der Waals surface area contributed by atoms with Crippen molar-refractivity contribution >= 4 is 20.8 Å². The van der Waals surface area contributed by atoms with Crippen molar-refractivity contribution in [1.82, 2.24) is 10.1 Å². The standard InChI is InChI=1S/C7H16B2N2O/c1-5(12)7-3-6(10-2)4-11(7)9-8/h6-7,9-10H,3-4,8H2,1-2H3/t6-,7+/m1/s1. The summed E-state index contributed by atoms with van der Waals surface area (Å²) in [6.07, 6.45) is 0.972. The highest BCUT2D eigenvalue weighted by Gasteiger charge is 2.32. The summed E-state index contributed by atoms with van der Waals surface area (Å²) in [5.74, 6) is 0.301. The van der Waals surface area contributed by atoms with Crippen molar-refractivity contribution in [2.45, 2.75) is 25.4 Å². The second-order valence-corrected chi connectivity index (χ2v) is 3.44. The SMILES string of the molecule is BBN1C[C@H](NC)C[C@H]1C(C)=O. The molecule has 0 aromatic rings. The minimum atomic E-state index is 0.160. The van der Waals surface area contributed by atoms with Crippen LogP contribution in [0.15, 0.2) is 0 Å². The number of Topliss-reactive ketones (excluding diaryl/α,β-unsaturated/α-hetero) is 1. The molecule has 0 radical (unpaired) electrons. The molecule has 1 heterocycles. The number of likely N-dealkylation sites (N-methyl/N-ethyl adjacent to an activating group) is 1. The van der Waals surface area contributed by atoms with E-state index in [1.165, 1.54) is 0 Å². The lowest BCUT2D eigenvalue weighted by Gasteiger charge is -2.19. The second-order valence-electron chi connectivity index (χ2n) is 3.44. The third-order valence-electron chi connectivity index (χ3n) is 2.69. The molecule has 0 saturated carbocycles. The summed E-state index contributed by atoms with van der Waals surface area (Å²) in [5, 5.41) is 3.22. The molecule has 5 heteroatoms.